The van der Waals surface area contributed by atoms with Crippen molar-refractivity contribution < 1.29 is 4.79 Å². The Labute approximate surface area is 134 Å². The van der Waals surface area contributed by atoms with Crippen LogP contribution in [-0.4, -0.2) is 18.0 Å². The van der Waals surface area contributed by atoms with Crippen LogP contribution < -0.4 is 10.6 Å². The number of rotatable bonds is 8. The van der Waals surface area contributed by atoms with Crippen molar-refractivity contribution in [3.05, 3.63) is 35.4 Å². The molecule has 2 unspecified atom stereocenters. The molecular weight excluding hydrogens is 272 g/mol. The van der Waals surface area contributed by atoms with Gasteiger partial charge in [0.1, 0.15) is 0 Å². The molecule has 2 rings (SSSR count). The number of hydrogen-bond acceptors (Lipinski definition) is 2. The first-order chi connectivity index (χ1) is 10.5. The molecule has 1 saturated carbocycles. The van der Waals surface area contributed by atoms with E-state index in [1.807, 2.05) is 6.92 Å². The molecule has 2 N–H and O–H groups in total. The average molecular weight is 302 g/mol. The van der Waals surface area contributed by atoms with Crippen molar-refractivity contribution in [1.29, 1.82) is 0 Å². The Kier molecular flexibility index (Phi) is 6.01. The van der Waals surface area contributed by atoms with Crippen LogP contribution in [-0.2, 0) is 11.2 Å². The van der Waals surface area contributed by atoms with Gasteiger partial charge in [-0.1, -0.05) is 51.5 Å². The van der Waals surface area contributed by atoms with Gasteiger partial charge in [-0.25, -0.2) is 0 Å². The number of carbonyl (C=O) groups excluding carboxylic acids is 1. The molecule has 0 saturated heterocycles. The molecule has 0 aromatic heterocycles. The Hall–Kier alpha value is -1.35. The molecule has 3 nitrogen and oxygen atoms in total. The third-order valence-electron chi connectivity index (χ3n) is 4.29. The van der Waals surface area contributed by atoms with Gasteiger partial charge in [-0.15, -0.1) is 0 Å². The number of nitrogens with one attached hydrogen (secondary N) is 2. The Morgan fingerprint density at radius 3 is 2.32 bits per heavy atom. The molecule has 0 bridgehead atoms. The van der Waals surface area contributed by atoms with E-state index in [4.69, 9.17) is 0 Å². The monoisotopic (exact) mass is 302 g/mol. The van der Waals surface area contributed by atoms with E-state index in [-0.39, 0.29) is 18.0 Å². The van der Waals surface area contributed by atoms with Crippen LogP contribution in [0, 0.1) is 5.92 Å². The molecule has 22 heavy (non-hydrogen) atoms. The fraction of sp³-hybridized carbons (Fsp3) is 0.632. The number of amides is 1. The van der Waals surface area contributed by atoms with Gasteiger partial charge in [0.25, 0.3) is 0 Å². The maximum absolute atomic E-state index is 12.1. The number of hydrogen-bond donors (Lipinski definition) is 2. The summed E-state index contributed by atoms with van der Waals surface area (Å²) in [5.41, 5.74) is 2.65. The van der Waals surface area contributed by atoms with E-state index in [0.29, 0.717) is 12.0 Å². The fourth-order valence-corrected chi connectivity index (χ4v) is 2.75. The maximum atomic E-state index is 12.1. The fourth-order valence-electron chi connectivity index (χ4n) is 2.75. The second kappa shape index (κ2) is 7.77. The van der Waals surface area contributed by atoms with Crippen molar-refractivity contribution >= 4 is 5.91 Å². The van der Waals surface area contributed by atoms with Crippen LogP contribution in [0.15, 0.2) is 24.3 Å². The van der Waals surface area contributed by atoms with Crippen molar-refractivity contribution in [3.63, 3.8) is 0 Å². The zero-order valence-corrected chi connectivity index (χ0v) is 14.4. The zero-order chi connectivity index (χ0) is 16.1. The van der Waals surface area contributed by atoms with Crippen molar-refractivity contribution in [2.75, 3.05) is 0 Å². The van der Waals surface area contributed by atoms with E-state index in [9.17, 15) is 4.79 Å². The van der Waals surface area contributed by atoms with Gasteiger partial charge in [0.05, 0.1) is 6.04 Å². The van der Waals surface area contributed by atoms with E-state index >= 15 is 0 Å². The van der Waals surface area contributed by atoms with Crippen molar-refractivity contribution in [3.8, 4) is 0 Å². The van der Waals surface area contributed by atoms with Gasteiger partial charge in [0.2, 0.25) is 5.91 Å². The normalized spacial score (nSPS) is 17.3. The minimum absolute atomic E-state index is 0.121. The Morgan fingerprint density at radius 1 is 1.18 bits per heavy atom. The van der Waals surface area contributed by atoms with Gasteiger partial charge in [-0.3, -0.25) is 10.1 Å². The highest BCUT2D eigenvalue weighted by atomic mass is 16.2. The first-order valence-electron chi connectivity index (χ1n) is 8.66. The van der Waals surface area contributed by atoms with Crippen molar-refractivity contribution in [2.24, 2.45) is 5.92 Å². The molecule has 1 fully saturated rings. The lowest BCUT2D eigenvalue weighted by Crippen LogP contribution is -2.45. The van der Waals surface area contributed by atoms with Crippen LogP contribution in [0.5, 0.6) is 0 Å². The van der Waals surface area contributed by atoms with Crippen LogP contribution in [0.4, 0.5) is 0 Å². The summed E-state index contributed by atoms with van der Waals surface area (Å²) in [4.78, 5) is 12.1. The van der Waals surface area contributed by atoms with Crippen LogP contribution in [0.25, 0.3) is 0 Å². The zero-order valence-electron chi connectivity index (χ0n) is 14.4. The molecule has 1 aliphatic rings. The lowest BCUT2D eigenvalue weighted by Gasteiger charge is -2.26. The topological polar surface area (TPSA) is 41.1 Å². The first kappa shape index (κ1) is 17.0. The first-order valence-corrected chi connectivity index (χ1v) is 8.66. The van der Waals surface area contributed by atoms with E-state index in [1.54, 1.807) is 0 Å². The number of carbonyl (C=O) groups is 1. The summed E-state index contributed by atoms with van der Waals surface area (Å²) in [5.74, 6) is 0.559. The summed E-state index contributed by atoms with van der Waals surface area (Å²) in [7, 11) is 0. The SMILES string of the molecule is CCCc1ccc(C(NC(C)C(=O)NC2CC2)C(C)C)cc1. The minimum atomic E-state index is -0.164. The predicted octanol–water partition coefficient (Wildman–Crippen LogP) is 3.59. The molecule has 0 spiro atoms. The Morgan fingerprint density at radius 2 is 1.82 bits per heavy atom. The van der Waals surface area contributed by atoms with E-state index in [2.05, 4.69) is 55.7 Å². The van der Waals surface area contributed by atoms with Gasteiger partial charge in [-0.2, -0.15) is 0 Å². The van der Waals surface area contributed by atoms with Crippen LogP contribution in [0.2, 0.25) is 0 Å². The molecule has 1 aromatic carbocycles. The van der Waals surface area contributed by atoms with Crippen molar-refractivity contribution in [1.82, 2.24) is 10.6 Å². The molecule has 122 valence electrons. The second-order valence-electron chi connectivity index (χ2n) is 6.88. The lowest BCUT2D eigenvalue weighted by atomic mass is 9.94. The minimum Gasteiger partial charge on any atom is -0.352 e. The largest absolute Gasteiger partial charge is 0.352 e. The Bertz CT molecular complexity index is 477. The number of aryl methyl sites for hydroxylation is 1. The van der Waals surface area contributed by atoms with Crippen LogP contribution in [0.1, 0.15) is 64.1 Å². The average Bonchev–Trinajstić information content (AvgIpc) is 3.29. The molecule has 2 atom stereocenters. The lowest BCUT2D eigenvalue weighted by molar-refractivity contribution is -0.123. The molecule has 3 heteroatoms. The third kappa shape index (κ3) is 4.84. The summed E-state index contributed by atoms with van der Waals surface area (Å²) >= 11 is 0. The standard InChI is InChI=1S/C19H30N2O/c1-5-6-15-7-9-16(10-8-15)18(13(2)3)20-14(4)19(22)21-17-11-12-17/h7-10,13-14,17-18,20H,5-6,11-12H2,1-4H3,(H,21,22). The molecular formula is C19H30N2O. The maximum Gasteiger partial charge on any atom is 0.237 e. The molecule has 0 heterocycles. The summed E-state index contributed by atoms with van der Waals surface area (Å²) in [6.07, 6.45) is 4.56. The van der Waals surface area contributed by atoms with Crippen LogP contribution >= 0.6 is 0 Å². The summed E-state index contributed by atoms with van der Waals surface area (Å²) in [6.45, 7) is 8.55. The third-order valence-corrected chi connectivity index (χ3v) is 4.29. The van der Waals surface area contributed by atoms with Gasteiger partial charge in [-0.05, 0) is 43.2 Å². The van der Waals surface area contributed by atoms with E-state index in [1.165, 1.54) is 17.5 Å². The molecule has 1 aromatic rings. The van der Waals surface area contributed by atoms with E-state index in [0.717, 1.165) is 19.3 Å². The predicted molar refractivity (Wildman–Crippen MR) is 91.8 cm³/mol. The van der Waals surface area contributed by atoms with Gasteiger partial charge in [0.15, 0.2) is 0 Å². The van der Waals surface area contributed by atoms with Crippen LogP contribution in [0.3, 0.4) is 0 Å². The summed E-state index contributed by atoms with van der Waals surface area (Å²) in [6, 6.07) is 9.29. The molecule has 0 radical (unpaired) electrons. The van der Waals surface area contributed by atoms with Gasteiger partial charge >= 0.3 is 0 Å². The molecule has 1 amide bonds. The highest BCUT2D eigenvalue weighted by Gasteiger charge is 2.27. The summed E-state index contributed by atoms with van der Waals surface area (Å²) in [5, 5.41) is 6.58. The Balaban J connectivity index is 2.00. The van der Waals surface area contributed by atoms with Gasteiger partial charge in [0, 0.05) is 12.1 Å². The smallest absolute Gasteiger partial charge is 0.237 e. The number of benzene rings is 1. The highest BCUT2D eigenvalue weighted by molar-refractivity contribution is 5.81. The van der Waals surface area contributed by atoms with E-state index < -0.39 is 0 Å². The quantitative estimate of drug-likeness (QED) is 0.770. The van der Waals surface area contributed by atoms with Crippen molar-refractivity contribution in [2.45, 2.75) is 71.5 Å². The van der Waals surface area contributed by atoms with Gasteiger partial charge < -0.3 is 5.32 Å². The summed E-state index contributed by atoms with van der Waals surface area (Å²) < 4.78 is 0. The molecule has 0 aliphatic heterocycles. The second-order valence-corrected chi connectivity index (χ2v) is 6.88. The highest BCUT2D eigenvalue weighted by Crippen LogP contribution is 2.24. The molecule has 1 aliphatic carbocycles.